The normalized spacial score (nSPS) is 21.7. The Morgan fingerprint density at radius 1 is 0.828 bits per heavy atom. The van der Waals surface area contributed by atoms with E-state index in [1.165, 1.54) is 0 Å². The largest absolute Gasteiger partial charge is 0.482 e. The van der Waals surface area contributed by atoms with Gasteiger partial charge in [-0.15, -0.1) is 0 Å². The smallest absolute Gasteiger partial charge is 0.341 e. The van der Waals surface area contributed by atoms with Gasteiger partial charge in [-0.05, 0) is 106 Å². The van der Waals surface area contributed by atoms with Gasteiger partial charge in [0, 0.05) is 37.4 Å². The minimum Gasteiger partial charge on any atom is -0.482 e. The average Bonchev–Trinajstić information content (AvgIpc) is 3.59. The monoisotopic (exact) mass is 810 g/mol. The van der Waals surface area contributed by atoms with Crippen LogP contribution in [0.25, 0.3) is 0 Å². The summed E-state index contributed by atoms with van der Waals surface area (Å²) in [6, 6.07) is 4.42. The van der Waals surface area contributed by atoms with Crippen LogP contribution in [0.2, 0.25) is 0 Å². The van der Waals surface area contributed by atoms with Crippen molar-refractivity contribution in [2.45, 2.75) is 121 Å². The fraction of sp³-hybridized carbons (Fsp3) is 0.595. The van der Waals surface area contributed by atoms with E-state index in [9.17, 15) is 33.6 Å². The first kappa shape index (κ1) is 45.5. The summed E-state index contributed by atoms with van der Waals surface area (Å²) in [7, 11) is 0. The summed E-state index contributed by atoms with van der Waals surface area (Å²) >= 11 is 0. The molecule has 2 saturated heterocycles. The molecule has 6 N–H and O–H groups in total. The van der Waals surface area contributed by atoms with Gasteiger partial charge >= 0.3 is 17.9 Å². The first-order valence-electron chi connectivity index (χ1n) is 20.5. The van der Waals surface area contributed by atoms with Crippen LogP contribution in [-0.2, 0) is 55.9 Å². The molecule has 58 heavy (non-hydrogen) atoms. The lowest BCUT2D eigenvalue weighted by molar-refractivity contribution is -0.144. The molecule has 4 rings (SSSR count). The van der Waals surface area contributed by atoms with Crippen LogP contribution in [0.15, 0.2) is 42.5 Å². The molecule has 2 aliphatic heterocycles. The predicted molar refractivity (Wildman–Crippen MR) is 210 cm³/mol. The minimum absolute atomic E-state index is 0.0123. The molecule has 16 nitrogen and oxygen atoms in total. The molecule has 2 fully saturated rings. The number of aliphatic carboxylic acids is 2. The van der Waals surface area contributed by atoms with E-state index in [0.29, 0.717) is 88.6 Å². The number of nitrogens with one attached hydrogen (secondary N) is 4. The van der Waals surface area contributed by atoms with Crippen LogP contribution in [0, 0.1) is 11.8 Å². The van der Waals surface area contributed by atoms with Gasteiger partial charge in [-0.2, -0.15) is 0 Å². The number of carboxylic acid groups (broad SMARTS) is 2. The summed E-state index contributed by atoms with van der Waals surface area (Å²) in [6.07, 6.45) is 13.3. The Balaban J connectivity index is 1.12. The van der Waals surface area contributed by atoms with Crippen LogP contribution < -0.4 is 26.0 Å². The lowest BCUT2D eigenvalue weighted by Crippen LogP contribution is -2.61. The number of hydrogen-bond donors (Lipinski definition) is 6. The number of amides is 4. The van der Waals surface area contributed by atoms with Gasteiger partial charge in [-0.3, -0.25) is 19.2 Å². The van der Waals surface area contributed by atoms with Crippen molar-refractivity contribution in [1.82, 2.24) is 21.3 Å². The second-order valence-corrected chi connectivity index (χ2v) is 15.1. The van der Waals surface area contributed by atoms with Crippen LogP contribution >= 0.6 is 0 Å². The molecular formula is C42H58N4O12. The third-order valence-corrected chi connectivity index (χ3v) is 10.7. The van der Waals surface area contributed by atoms with Crippen molar-refractivity contribution >= 4 is 41.5 Å². The van der Waals surface area contributed by atoms with E-state index in [1.54, 1.807) is 0 Å². The van der Waals surface area contributed by atoms with Gasteiger partial charge in [-0.25, -0.2) is 14.4 Å². The molecule has 1 aromatic carbocycles. The molecule has 6 atom stereocenters. The molecule has 318 valence electrons. The molecular weight excluding hydrogens is 752 g/mol. The summed E-state index contributed by atoms with van der Waals surface area (Å²) in [5.74, 6) is -3.13. The maximum atomic E-state index is 12.8. The fourth-order valence-electron chi connectivity index (χ4n) is 7.73. The fourth-order valence-corrected chi connectivity index (χ4v) is 7.73. The predicted octanol–water partition coefficient (Wildman–Crippen LogP) is 2.91. The summed E-state index contributed by atoms with van der Waals surface area (Å²) in [6.45, 7) is 2.96. The van der Waals surface area contributed by atoms with Crippen LogP contribution in [0.3, 0.4) is 0 Å². The molecule has 1 aliphatic carbocycles. The average molecular weight is 811 g/mol. The van der Waals surface area contributed by atoms with Gasteiger partial charge in [-0.1, -0.05) is 31.9 Å². The molecule has 16 heteroatoms. The molecule has 3 aliphatic rings. The van der Waals surface area contributed by atoms with Crippen LogP contribution in [0.1, 0.15) is 95.1 Å². The van der Waals surface area contributed by atoms with Crippen molar-refractivity contribution in [1.29, 1.82) is 0 Å². The van der Waals surface area contributed by atoms with Gasteiger partial charge in [0.25, 0.3) is 0 Å². The third-order valence-electron chi connectivity index (χ3n) is 10.7. The SMILES string of the molecule is CCCCC[C@@H](CC[C@H]1OC[C@@H]2Cc3c(cccc3OCC(=O)O)C[C@@H]21)OC(=O)/C=C/C(=O)NCCCCC1NC(=O)C(CCCCNC(=O)/C=C/C(=O)O)NC1=O. The van der Waals surface area contributed by atoms with Crippen molar-refractivity contribution in [3.05, 3.63) is 53.6 Å². The maximum Gasteiger partial charge on any atom is 0.341 e. The lowest BCUT2D eigenvalue weighted by atomic mass is 9.74. The molecule has 4 amide bonds. The van der Waals surface area contributed by atoms with Crippen molar-refractivity contribution in [3.8, 4) is 5.75 Å². The van der Waals surface area contributed by atoms with Gasteiger partial charge < -0.3 is 45.7 Å². The molecule has 0 saturated carbocycles. The van der Waals surface area contributed by atoms with Gasteiger partial charge in [0.2, 0.25) is 23.6 Å². The summed E-state index contributed by atoms with van der Waals surface area (Å²) in [5, 5.41) is 28.4. The number of hydrogen-bond acceptors (Lipinski definition) is 10. The summed E-state index contributed by atoms with van der Waals surface area (Å²) in [5.41, 5.74) is 2.20. The van der Waals surface area contributed by atoms with E-state index in [4.69, 9.17) is 24.4 Å². The Morgan fingerprint density at radius 2 is 1.48 bits per heavy atom. The molecule has 0 radical (unpaired) electrons. The maximum absolute atomic E-state index is 12.8. The zero-order chi connectivity index (χ0) is 41.9. The summed E-state index contributed by atoms with van der Waals surface area (Å²) < 4.78 is 17.6. The van der Waals surface area contributed by atoms with E-state index in [1.807, 2.05) is 12.1 Å². The third kappa shape index (κ3) is 15.3. The molecule has 2 heterocycles. The van der Waals surface area contributed by atoms with Crippen molar-refractivity contribution in [2.75, 3.05) is 26.3 Å². The van der Waals surface area contributed by atoms with E-state index >= 15 is 0 Å². The number of rotatable bonds is 25. The van der Waals surface area contributed by atoms with Crippen molar-refractivity contribution < 1.29 is 58.0 Å². The highest BCUT2D eigenvalue weighted by Crippen LogP contribution is 2.42. The van der Waals surface area contributed by atoms with Crippen LogP contribution in [0.4, 0.5) is 0 Å². The van der Waals surface area contributed by atoms with E-state index in [2.05, 4.69) is 34.3 Å². The number of ether oxygens (including phenoxy) is 3. The minimum atomic E-state index is -1.22. The number of piperazine rings is 1. The Morgan fingerprint density at radius 3 is 2.10 bits per heavy atom. The Bertz CT molecular complexity index is 1660. The quantitative estimate of drug-likeness (QED) is 0.0475. The Kier molecular flexibility index (Phi) is 18.7. The van der Waals surface area contributed by atoms with Crippen molar-refractivity contribution in [2.24, 2.45) is 11.8 Å². The highest BCUT2D eigenvalue weighted by Gasteiger charge is 2.41. The number of carbonyl (C=O) groups is 7. The van der Waals surface area contributed by atoms with Gasteiger partial charge in [0.1, 0.15) is 23.9 Å². The van der Waals surface area contributed by atoms with E-state index < -0.39 is 41.8 Å². The Labute approximate surface area is 338 Å². The zero-order valence-electron chi connectivity index (χ0n) is 33.2. The number of esters is 1. The first-order chi connectivity index (χ1) is 27.9. The molecule has 0 spiro atoms. The molecule has 2 unspecified atom stereocenters. The van der Waals surface area contributed by atoms with E-state index in [0.717, 1.165) is 74.0 Å². The summed E-state index contributed by atoms with van der Waals surface area (Å²) in [4.78, 5) is 83.4. The second kappa shape index (κ2) is 23.9. The van der Waals surface area contributed by atoms with Gasteiger partial charge in [0.15, 0.2) is 6.61 Å². The first-order valence-corrected chi connectivity index (χ1v) is 20.5. The van der Waals surface area contributed by atoms with Crippen LogP contribution in [-0.4, -0.2) is 102 Å². The zero-order valence-corrected chi connectivity index (χ0v) is 33.2. The number of carbonyl (C=O) groups excluding carboxylic acids is 5. The Hall–Kier alpha value is -5.25. The highest BCUT2D eigenvalue weighted by molar-refractivity contribution is 5.97. The number of fused-ring (bicyclic) bond motifs is 2. The second-order valence-electron chi connectivity index (χ2n) is 15.1. The van der Waals surface area contributed by atoms with Gasteiger partial charge in [0.05, 0.1) is 12.7 Å². The van der Waals surface area contributed by atoms with Crippen molar-refractivity contribution in [3.63, 3.8) is 0 Å². The molecule has 0 aromatic heterocycles. The molecule has 1 aromatic rings. The number of benzene rings is 1. The molecule has 0 bridgehead atoms. The van der Waals surface area contributed by atoms with E-state index in [-0.39, 0.29) is 30.6 Å². The number of unbranched alkanes of at least 4 members (excludes halogenated alkanes) is 4. The highest BCUT2D eigenvalue weighted by atomic mass is 16.5. The van der Waals surface area contributed by atoms with Crippen LogP contribution in [0.5, 0.6) is 5.75 Å². The standard InChI is InChI=1S/C42H58N4O12/c1-2-3-4-11-29(15-16-35-31-23-27-10-9-14-34(57-26-39(51)52)30(27)24-28(31)25-56-35)58-40(53)20-18-37(48)44-22-8-6-13-33-42(55)45-32(41(54)46-33)12-5-7-21-43-36(47)17-19-38(49)50/h9-10,14,17-20,28-29,31-33,35H,2-8,11-13,15-16,21-26H2,1H3,(H,43,47)(H,44,48)(H,45,55)(H,46,54)(H,49,50)(H,51,52)/b19-17+,20-18+/t28-,29-,31-,32?,33?,35+/m0/s1. The number of carboxylic acids is 2. The topological polar surface area (TPSA) is 236 Å². The lowest BCUT2D eigenvalue weighted by Gasteiger charge is -2.31.